The summed E-state index contributed by atoms with van der Waals surface area (Å²) < 4.78 is 0. The van der Waals surface area contributed by atoms with E-state index in [0.717, 1.165) is 6.42 Å². The Morgan fingerprint density at radius 1 is 1.50 bits per heavy atom. The molecule has 0 heterocycles. The predicted octanol–water partition coefficient (Wildman–Crippen LogP) is -0.675. The molecule has 0 amide bonds. The largest absolute Gasteiger partial charge is 0.396 e. The van der Waals surface area contributed by atoms with E-state index in [9.17, 15) is 0 Å². The van der Waals surface area contributed by atoms with Gasteiger partial charge in [-0.15, -0.1) is 0 Å². The zero-order valence-corrected chi connectivity index (χ0v) is 5.73. The van der Waals surface area contributed by atoms with E-state index in [1.807, 2.05) is 0 Å². The Labute approximate surface area is 52.0 Å². The quantitative estimate of drug-likeness (QED) is 0.699. The van der Waals surface area contributed by atoms with E-state index in [0.29, 0.717) is 6.54 Å². The average molecular weight is 270 g/mol. The standard InChI is InChI=1S/C3H9NO.Pt/c4-2-1-3-5;/h5H,1-4H2;. The van der Waals surface area contributed by atoms with Gasteiger partial charge in [-0.05, 0) is 13.0 Å². The third-order valence-corrected chi connectivity index (χ3v) is 0.362. The molecule has 0 radical (unpaired) electrons. The molecule has 0 aliphatic rings. The topological polar surface area (TPSA) is 46.2 Å². The molecule has 0 saturated heterocycles. The summed E-state index contributed by atoms with van der Waals surface area (Å²) in [4.78, 5) is 0. The van der Waals surface area contributed by atoms with E-state index in [1.165, 1.54) is 0 Å². The molecule has 0 rings (SSSR count). The van der Waals surface area contributed by atoms with Crippen LogP contribution in [0.15, 0.2) is 0 Å². The first kappa shape index (κ1) is 9.79. The van der Waals surface area contributed by atoms with Gasteiger partial charge in [0, 0.05) is 27.7 Å². The minimum absolute atomic E-state index is 0. The van der Waals surface area contributed by atoms with Crippen LogP contribution in [0.4, 0.5) is 0 Å². The van der Waals surface area contributed by atoms with E-state index in [2.05, 4.69) is 0 Å². The summed E-state index contributed by atoms with van der Waals surface area (Å²) in [5.74, 6) is 0. The molecule has 3 N–H and O–H groups in total. The van der Waals surface area contributed by atoms with Gasteiger partial charge in [0.05, 0.1) is 0 Å². The number of aliphatic hydroxyl groups is 1. The first-order valence-corrected chi connectivity index (χ1v) is 1.72. The smallest absolute Gasteiger partial charge is 0.0443 e. The zero-order chi connectivity index (χ0) is 4.12. The summed E-state index contributed by atoms with van der Waals surface area (Å²) >= 11 is 0. The SMILES string of the molecule is NCCCO.[Pt]. The molecule has 0 aromatic carbocycles. The molecule has 0 aromatic rings. The Morgan fingerprint density at radius 3 is 2.00 bits per heavy atom. The molecule has 42 valence electrons. The van der Waals surface area contributed by atoms with Crippen LogP contribution < -0.4 is 5.73 Å². The summed E-state index contributed by atoms with van der Waals surface area (Å²) in [7, 11) is 0. The van der Waals surface area contributed by atoms with Gasteiger partial charge >= 0.3 is 0 Å². The van der Waals surface area contributed by atoms with Crippen LogP contribution in [-0.2, 0) is 21.1 Å². The Hall–Kier alpha value is 0.608. The van der Waals surface area contributed by atoms with Crippen molar-refractivity contribution in [2.24, 2.45) is 5.73 Å². The summed E-state index contributed by atoms with van der Waals surface area (Å²) in [6.45, 7) is 0.812. The molecular formula is C3H9NOPt. The third-order valence-electron chi connectivity index (χ3n) is 0.362. The summed E-state index contributed by atoms with van der Waals surface area (Å²) in [5, 5.41) is 7.99. The number of rotatable bonds is 2. The van der Waals surface area contributed by atoms with Crippen molar-refractivity contribution in [1.82, 2.24) is 0 Å². The first-order valence-electron chi connectivity index (χ1n) is 1.72. The average Bonchev–Trinajstić information content (AvgIpc) is 1.41. The molecule has 0 saturated carbocycles. The van der Waals surface area contributed by atoms with Crippen LogP contribution >= 0.6 is 0 Å². The fraction of sp³-hybridized carbons (Fsp3) is 1.00. The zero-order valence-electron chi connectivity index (χ0n) is 3.46. The minimum Gasteiger partial charge on any atom is -0.396 e. The molecule has 0 aliphatic carbocycles. The Morgan fingerprint density at radius 2 is 2.00 bits per heavy atom. The van der Waals surface area contributed by atoms with Gasteiger partial charge in [-0.2, -0.15) is 0 Å². The van der Waals surface area contributed by atoms with Crippen LogP contribution in [0.25, 0.3) is 0 Å². The summed E-state index contributed by atoms with van der Waals surface area (Å²) in [6, 6.07) is 0. The van der Waals surface area contributed by atoms with Crippen molar-refractivity contribution in [1.29, 1.82) is 0 Å². The number of hydrogen-bond acceptors (Lipinski definition) is 2. The predicted molar refractivity (Wildman–Crippen MR) is 20.8 cm³/mol. The van der Waals surface area contributed by atoms with Crippen molar-refractivity contribution in [3.05, 3.63) is 0 Å². The first-order chi connectivity index (χ1) is 2.41. The maximum atomic E-state index is 7.99. The molecule has 0 bridgehead atoms. The monoisotopic (exact) mass is 270 g/mol. The van der Waals surface area contributed by atoms with E-state index < -0.39 is 0 Å². The summed E-state index contributed by atoms with van der Waals surface area (Å²) in [5.41, 5.74) is 4.98. The van der Waals surface area contributed by atoms with Crippen LogP contribution in [0, 0.1) is 0 Å². The van der Waals surface area contributed by atoms with Gasteiger partial charge in [0.2, 0.25) is 0 Å². The molecule has 0 fully saturated rings. The second kappa shape index (κ2) is 9.15. The van der Waals surface area contributed by atoms with E-state index >= 15 is 0 Å². The van der Waals surface area contributed by atoms with Crippen molar-refractivity contribution in [3.8, 4) is 0 Å². The van der Waals surface area contributed by atoms with Crippen LogP contribution in [0.5, 0.6) is 0 Å². The van der Waals surface area contributed by atoms with Gasteiger partial charge in [-0.25, -0.2) is 0 Å². The molecule has 6 heavy (non-hydrogen) atoms. The second-order valence-corrected chi connectivity index (χ2v) is 0.866. The Kier molecular flexibility index (Phi) is 14.9. The number of nitrogens with two attached hydrogens (primary N) is 1. The van der Waals surface area contributed by atoms with Crippen LogP contribution in [-0.4, -0.2) is 18.3 Å². The van der Waals surface area contributed by atoms with E-state index in [1.54, 1.807) is 0 Å². The van der Waals surface area contributed by atoms with Gasteiger partial charge in [0.1, 0.15) is 0 Å². The van der Waals surface area contributed by atoms with Gasteiger partial charge in [-0.3, -0.25) is 0 Å². The minimum atomic E-state index is 0. The molecule has 0 atom stereocenters. The molecule has 0 aromatic heterocycles. The van der Waals surface area contributed by atoms with Crippen LogP contribution in [0.2, 0.25) is 0 Å². The molecule has 0 aliphatic heterocycles. The fourth-order valence-electron chi connectivity index (χ4n) is 0.0913. The Balaban J connectivity index is 0. The van der Waals surface area contributed by atoms with E-state index in [4.69, 9.17) is 10.8 Å². The van der Waals surface area contributed by atoms with Crippen LogP contribution in [0.3, 0.4) is 0 Å². The number of aliphatic hydroxyl groups excluding tert-OH is 1. The van der Waals surface area contributed by atoms with Crippen molar-refractivity contribution >= 4 is 0 Å². The van der Waals surface area contributed by atoms with Crippen molar-refractivity contribution in [3.63, 3.8) is 0 Å². The van der Waals surface area contributed by atoms with Gasteiger partial charge in [0.15, 0.2) is 0 Å². The van der Waals surface area contributed by atoms with Gasteiger partial charge in [-0.1, -0.05) is 0 Å². The van der Waals surface area contributed by atoms with Crippen molar-refractivity contribution < 1.29 is 26.2 Å². The third kappa shape index (κ3) is 8.82. The number of hydrogen-bond donors (Lipinski definition) is 2. The van der Waals surface area contributed by atoms with Crippen molar-refractivity contribution in [2.45, 2.75) is 6.42 Å². The summed E-state index contributed by atoms with van der Waals surface area (Å²) in [6.07, 6.45) is 0.722. The molecule has 0 unspecified atom stereocenters. The fourth-order valence-corrected chi connectivity index (χ4v) is 0.0913. The van der Waals surface area contributed by atoms with E-state index in [-0.39, 0.29) is 27.7 Å². The molecular weight excluding hydrogens is 261 g/mol. The maximum absolute atomic E-state index is 7.99. The molecule has 0 spiro atoms. The normalized spacial score (nSPS) is 7.00. The Bertz CT molecular complexity index is 18.3. The van der Waals surface area contributed by atoms with Crippen LogP contribution in [0.1, 0.15) is 6.42 Å². The van der Waals surface area contributed by atoms with Gasteiger partial charge in [0.25, 0.3) is 0 Å². The van der Waals surface area contributed by atoms with Gasteiger partial charge < -0.3 is 10.8 Å². The molecule has 2 nitrogen and oxygen atoms in total. The molecule has 3 heteroatoms. The second-order valence-electron chi connectivity index (χ2n) is 0.866. The van der Waals surface area contributed by atoms with Crippen molar-refractivity contribution in [2.75, 3.05) is 13.2 Å². The maximum Gasteiger partial charge on any atom is 0.0443 e.